The standard InChI is InChI=1S/C30H23F9O5S3/c1-42-20-8-14-24(15-9-20)46(25-16-10-21(43-2)11-17-25,26-18-12-23(13-19-26)45-22-6-4-3-5-7-22)44-47(40,41)30(38,39)28(33,34)27(31,32)29(35,36)37/h3-19H,1-2H3. The molecule has 0 fully saturated rings. The van der Waals surface area contributed by atoms with Gasteiger partial charge in [-0.1, -0.05) is 30.0 Å². The van der Waals surface area contributed by atoms with Crippen LogP contribution in [-0.2, 0) is 13.7 Å². The zero-order chi connectivity index (χ0) is 34.9. The number of hydrogen-bond donors (Lipinski definition) is 0. The lowest BCUT2D eigenvalue weighted by Crippen LogP contribution is -2.63. The number of rotatable bonds is 12. The first-order chi connectivity index (χ1) is 21.8. The van der Waals surface area contributed by atoms with E-state index in [0.29, 0.717) is 4.90 Å². The van der Waals surface area contributed by atoms with E-state index < -0.39 is 43.7 Å². The summed E-state index contributed by atoms with van der Waals surface area (Å²) in [7, 11) is -9.01. The first-order valence-corrected chi connectivity index (χ1v) is 16.7. The summed E-state index contributed by atoms with van der Waals surface area (Å²) in [4.78, 5) is 0.586. The van der Waals surface area contributed by atoms with Crippen molar-refractivity contribution in [3.8, 4) is 11.5 Å². The van der Waals surface area contributed by atoms with E-state index in [-0.39, 0.29) is 26.2 Å². The van der Waals surface area contributed by atoms with Crippen LogP contribution in [0.15, 0.2) is 128 Å². The Morgan fingerprint density at radius 1 is 0.532 bits per heavy atom. The molecule has 4 aromatic rings. The van der Waals surface area contributed by atoms with Gasteiger partial charge >= 0.3 is 33.4 Å². The van der Waals surface area contributed by atoms with Crippen LogP contribution in [0.25, 0.3) is 0 Å². The van der Waals surface area contributed by atoms with Gasteiger partial charge in [-0.05, 0) is 95.2 Å². The van der Waals surface area contributed by atoms with E-state index >= 15 is 8.78 Å². The molecule has 5 nitrogen and oxygen atoms in total. The van der Waals surface area contributed by atoms with Crippen LogP contribution >= 0.6 is 22.1 Å². The highest BCUT2D eigenvalue weighted by atomic mass is 32.3. The van der Waals surface area contributed by atoms with Crippen molar-refractivity contribution in [3.05, 3.63) is 103 Å². The third-order valence-electron chi connectivity index (χ3n) is 6.54. The maximum atomic E-state index is 15.2. The molecule has 0 radical (unpaired) electrons. The SMILES string of the molecule is COc1ccc(S(OS(=O)(=O)C(F)(F)C(F)(F)C(F)(F)C(F)(F)F)(c2ccc(OC)cc2)c2ccc(Sc3ccccc3)cc2)cc1. The molecule has 254 valence electrons. The van der Waals surface area contributed by atoms with Crippen LogP contribution < -0.4 is 9.47 Å². The minimum absolute atomic E-state index is 0.177. The van der Waals surface area contributed by atoms with Crippen molar-refractivity contribution in [2.24, 2.45) is 0 Å². The molecule has 4 rings (SSSR count). The number of hydrogen-bond acceptors (Lipinski definition) is 6. The number of ether oxygens (including phenoxy) is 2. The van der Waals surface area contributed by atoms with E-state index in [9.17, 15) is 39.2 Å². The van der Waals surface area contributed by atoms with E-state index in [1.807, 2.05) is 0 Å². The molecule has 0 N–H and O–H groups in total. The fourth-order valence-corrected chi connectivity index (χ4v) is 10.1. The van der Waals surface area contributed by atoms with Gasteiger partial charge in [0.25, 0.3) is 0 Å². The summed E-state index contributed by atoms with van der Waals surface area (Å²) < 4.78 is 167. The van der Waals surface area contributed by atoms with Crippen LogP contribution in [0.1, 0.15) is 0 Å². The first kappa shape index (κ1) is 36.3. The molecule has 0 saturated heterocycles. The third-order valence-corrected chi connectivity index (χ3v) is 12.8. The minimum Gasteiger partial charge on any atom is -0.497 e. The second-order valence-corrected chi connectivity index (χ2v) is 15.1. The molecule has 0 unspecified atom stereocenters. The van der Waals surface area contributed by atoms with E-state index in [0.717, 1.165) is 29.2 Å². The van der Waals surface area contributed by atoms with Gasteiger partial charge in [-0.2, -0.15) is 47.9 Å². The Balaban J connectivity index is 1.99. The molecule has 0 amide bonds. The molecule has 0 aliphatic rings. The van der Waals surface area contributed by atoms with Crippen LogP contribution in [0.2, 0.25) is 0 Å². The molecule has 0 spiro atoms. The quantitative estimate of drug-likeness (QED) is 0.135. The fourth-order valence-electron chi connectivity index (χ4n) is 4.08. The Kier molecular flexibility index (Phi) is 10.2. The van der Waals surface area contributed by atoms with Crippen molar-refractivity contribution >= 4 is 32.2 Å². The second kappa shape index (κ2) is 13.2. The zero-order valence-corrected chi connectivity index (χ0v) is 26.4. The molecule has 0 atom stereocenters. The van der Waals surface area contributed by atoms with Crippen molar-refractivity contribution in [3.63, 3.8) is 0 Å². The van der Waals surface area contributed by atoms with Crippen molar-refractivity contribution in [1.29, 1.82) is 0 Å². The van der Waals surface area contributed by atoms with Crippen LogP contribution in [-0.4, -0.2) is 45.9 Å². The van der Waals surface area contributed by atoms with Gasteiger partial charge in [0, 0.05) is 24.5 Å². The van der Waals surface area contributed by atoms with E-state index in [2.05, 4.69) is 0 Å². The number of benzene rings is 4. The normalized spacial score (nSPS) is 13.7. The van der Waals surface area contributed by atoms with Crippen molar-refractivity contribution in [1.82, 2.24) is 0 Å². The highest BCUT2D eigenvalue weighted by Gasteiger charge is 2.86. The Morgan fingerprint density at radius 3 is 1.30 bits per heavy atom. The van der Waals surface area contributed by atoms with E-state index in [4.69, 9.17) is 13.1 Å². The van der Waals surface area contributed by atoms with Crippen molar-refractivity contribution in [2.75, 3.05) is 14.2 Å². The minimum atomic E-state index is -7.50. The van der Waals surface area contributed by atoms with E-state index in [1.165, 1.54) is 74.5 Å². The van der Waals surface area contributed by atoms with E-state index in [1.54, 1.807) is 30.3 Å². The molecule has 0 saturated carbocycles. The van der Waals surface area contributed by atoms with Gasteiger partial charge < -0.3 is 9.47 Å². The topological polar surface area (TPSA) is 61.8 Å². The Morgan fingerprint density at radius 2 is 0.915 bits per heavy atom. The Bertz CT molecular complexity index is 1720. The van der Waals surface area contributed by atoms with Crippen LogP contribution in [0, 0.1) is 0 Å². The maximum absolute atomic E-state index is 15.2. The van der Waals surface area contributed by atoms with Crippen LogP contribution in [0.5, 0.6) is 11.5 Å². The fraction of sp³-hybridized carbons (Fsp3) is 0.200. The van der Waals surface area contributed by atoms with Gasteiger partial charge in [0.2, 0.25) is 0 Å². The number of methoxy groups -OCH3 is 2. The molecule has 47 heavy (non-hydrogen) atoms. The molecular formula is C30H23F9O5S3. The van der Waals surface area contributed by atoms with Crippen molar-refractivity contribution < 1.29 is 61.0 Å². The Labute approximate surface area is 269 Å². The summed E-state index contributed by atoms with van der Waals surface area (Å²) in [6, 6.07) is 23.8. The first-order valence-electron chi connectivity index (χ1n) is 12.9. The summed E-state index contributed by atoms with van der Waals surface area (Å²) in [5, 5.41) is -7.10. The monoisotopic (exact) mass is 730 g/mol. The second-order valence-electron chi connectivity index (χ2n) is 9.48. The van der Waals surface area contributed by atoms with Crippen molar-refractivity contribution in [2.45, 2.75) is 47.8 Å². The summed E-state index contributed by atoms with van der Waals surface area (Å²) >= 11 is 1.24. The number of alkyl halides is 9. The average molecular weight is 731 g/mol. The summed E-state index contributed by atoms with van der Waals surface area (Å²) in [5.41, 5.74) is 0. The number of halogens is 9. The largest absolute Gasteiger partial charge is 0.497 e. The van der Waals surface area contributed by atoms with Gasteiger partial charge in [0.15, 0.2) is 0 Å². The molecule has 0 aromatic heterocycles. The lowest BCUT2D eigenvalue weighted by atomic mass is 10.1. The van der Waals surface area contributed by atoms with Crippen LogP contribution in [0.3, 0.4) is 0 Å². The molecule has 0 heterocycles. The van der Waals surface area contributed by atoms with Gasteiger partial charge in [-0.25, -0.2) is 3.63 Å². The predicted octanol–water partition coefficient (Wildman–Crippen LogP) is 9.82. The summed E-state index contributed by atoms with van der Waals surface area (Å²) in [6.45, 7) is 0. The molecule has 0 bridgehead atoms. The molecule has 4 aromatic carbocycles. The van der Waals surface area contributed by atoms with Gasteiger partial charge in [-0.3, -0.25) is 0 Å². The molecule has 17 heteroatoms. The highest BCUT2D eigenvalue weighted by molar-refractivity contribution is 8.33. The third kappa shape index (κ3) is 6.62. The zero-order valence-electron chi connectivity index (χ0n) is 24.0. The van der Waals surface area contributed by atoms with Crippen LogP contribution in [0.4, 0.5) is 39.5 Å². The lowest BCUT2D eigenvalue weighted by molar-refractivity contribution is -0.382. The highest BCUT2D eigenvalue weighted by Crippen LogP contribution is 2.71. The summed E-state index contributed by atoms with van der Waals surface area (Å²) in [5.74, 6) is -14.6. The predicted molar refractivity (Wildman–Crippen MR) is 156 cm³/mol. The van der Waals surface area contributed by atoms with Gasteiger partial charge in [-0.15, -0.1) is 0 Å². The molecule has 0 aliphatic heterocycles. The Hall–Kier alpha value is -3.54. The molecular weight excluding hydrogens is 708 g/mol. The molecule has 0 aliphatic carbocycles. The average Bonchev–Trinajstić information content (AvgIpc) is 3.04. The smallest absolute Gasteiger partial charge is 0.460 e. The van der Waals surface area contributed by atoms with Gasteiger partial charge in [0.05, 0.1) is 14.2 Å². The van der Waals surface area contributed by atoms with Gasteiger partial charge in [0.1, 0.15) is 11.5 Å². The lowest BCUT2D eigenvalue weighted by Gasteiger charge is -2.41. The maximum Gasteiger partial charge on any atom is 0.460 e. The summed E-state index contributed by atoms with van der Waals surface area (Å²) in [6.07, 6.45) is -7.25.